The van der Waals surface area contributed by atoms with Gasteiger partial charge in [0.15, 0.2) is 0 Å². The largest absolute Gasteiger partial charge is 0.375 e. The zero-order valence-electron chi connectivity index (χ0n) is 15.0. The van der Waals surface area contributed by atoms with Crippen molar-refractivity contribution < 1.29 is 9.53 Å². The van der Waals surface area contributed by atoms with Gasteiger partial charge >= 0.3 is 0 Å². The van der Waals surface area contributed by atoms with E-state index in [0.29, 0.717) is 23.9 Å². The lowest BCUT2D eigenvalue weighted by molar-refractivity contribution is -0.0358. The van der Waals surface area contributed by atoms with E-state index in [1.165, 1.54) is 32.1 Å². The fraction of sp³-hybridized carbons (Fsp3) is 0.789. The molecule has 0 spiro atoms. The number of likely N-dealkylation sites (tertiary alicyclic amines) is 1. The van der Waals surface area contributed by atoms with E-state index >= 15 is 0 Å². The Morgan fingerprint density at radius 3 is 2.56 bits per heavy atom. The number of nitrogens with one attached hydrogen (secondary N) is 1. The van der Waals surface area contributed by atoms with Crippen LogP contribution in [0.15, 0.2) is 12.3 Å². The molecule has 1 N–H and O–H groups in total. The molecule has 4 rings (SSSR count). The van der Waals surface area contributed by atoms with Crippen LogP contribution in [0.25, 0.3) is 0 Å². The van der Waals surface area contributed by atoms with Crippen LogP contribution in [-0.2, 0) is 4.74 Å². The quantitative estimate of drug-likeness (QED) is 0.909. The summed E-state index contributed by atoms with van der Waals surface area (Å²) < 4.78 is 8.17. The van der Waals surface area contributed by atoms with Crippen molar-refractivity contribution in [1.29, 1.82) is 0 Å². The average Bonchev–Trinajstić information content (AvgIpc) is 3.34. The van der Waals surface area contributed by atoms with Crippen molar-refractivity contribution in [3.63, 3.8) is 0 Å². The monoisotopic (exact) mass is 346 g/mol. The summed E-state index contributed by atoms with van der Waals surface area (Å²) in [6.07, 6.45) is 12.0. The summed E-state index contributed by atoms with van der Waals surface area (Å²) in [6.45, 7) is 3.60. The average molecular weight is 346 g/mol. The lowest BCUT2D eigenvalue weighted by atomic mass is 10.1. The van der Waals surface area contributed by atoms with Crippen molar-refractivity contribution in [1.82, 2.24) is 20.0 Å². The van der Waals surface area contributed by atoms with E-state index in [0.717, 1.165) is 45.4 Å². The third-order valence-corrected chi connectivity index (χ3v) is 5.89. The lowest BCUT2D eigenvalue weighted by Crippen LogP contribution is -2.42. The SMILES string of the molecule is O=C(c1ccn(C2CCCNC2)n1)N1CCC(OC2CCCC2)CC1. The first-order valence-corrected chi connectivity index (χ1v) is 10.0. The van der Waals surface area contributed by atoms with Gasteiger partial charge in [0, 0.05) is 25.8 Å². The van der Waals surface area contributed by atoms with Crippen molar-refractivity contribution in [2.45, 2.75) is 69.6 Å². The Labute approximate surface area is 149 Å². The topological polar surface area (TPSA) is 59.4 Å². The predicted octanol–water partition coefficient (Wildman–Crippen LogP) is 2.37. The number of carbonyl (C=O) groups excluding carboxylic acids is 1. The minimum absolute atomic E-state index is 0.0711. The van der Waals surface area contributed by atoms with Crippen molar-refractivity contribution in [2.24, 2.45) is 0 Å². The van der Waals surface area contributed by atoms with Gasteiger partial charge in [-0.05, 0) is 51.1 Å². The molecule has 6 heteroatoms. The summed E-state index contributed by atoms with van der Waals surface area (Å²) in [4.78, 5) is 14.7. The van der Waals surface area contributed by atoms with Crippen molar-refractivity contribution in [3.05, 3.63) is 18.0 Å². The molecule has 1 aromatic heterocycles. The van der Waals surface area contributed by atoms with E-state index < -0.39 is 0 Å². The molecule has 2 aliphatic heterocycles. The first-order chi connectivity index (χ1) is 12.3. The van der Waals surface area contributed by atoms with Crippen LogP contribution in [0.2, 0.25) is 0 Å². The van der Waals surface area contributed by atoms with Gasteiger partial charge in [-0.25, -0.2) is 0 Å². The maximum absolute atomic E-state index is 12.7. The summed E-state index contributed by atoms with van der Waals surface area (Å²) in [5.41, 5.74) is 0.584. The summed E-state index contributed by atoms with van der Waals surface area (Å²) in [6, 6.07) is 2.25. The molecule has 1 amide bonds. The number of hydrogen-bond donors (Lipinski definition) is 1. The maximum Gasteiger partial charge on any atom is 0.274 e. The van der Waals surface area contributed by atoms with Gasteiger partial charge in [0.1, 0.15) is 5.69 Å². The number of carbonyl (C=O) groups is 1. The number of amides is 1. The number of aromatic nitrogens is 2. The minimum atomic E-state index is 0.0711. The standard InChI is InChI=1S/C19H30N4O2/c24-19(18-9-13-23(21-18)15-4-3-10-20-14-15)22-11-7-17(8-12-22)25-16-5-1-2-6-16/h9,13,15-17,20H,1-8,10-12,14H2. The van der Waals surface area contributed by atoms with E-state index in [-0.39, 0.29) is 5.91 Å². The van der Waals surface area contributed by atoms with Crippen molar-refractivity contribution in [3.8, 4) is 0 Å². The number of rotatable bonds is 4. The number of ether oxygens (including phenoxy) is 1. The summed E-state index contributed by atoms with van der Waals surface area (Å²) >= 11 is 0. The Morgan fingerprint density at radius 2 is 1.84 bits per heavy atom. The second-order valence-corrected chi connectivity index (χ2v) is 7.72. The molecule has 1 unspecified atom stereocenters. The Hall–Kier alpha value is -1.40. The van der Waals surface area contributed by atoms with E-state index in [9.17, 15) is 4.79 Å². The fourth-order valence-corrected chi connectivity index (χ4v) is 4.37. The Bertz CT molecular complexity index is 568. The highest BCUT2D eigenvalue weighted by atomic mass is 16.5. The second-order valence-electron chi connectivity index (χ2n) is 7.72. The summed E-state index contributed by atoms with van der Waals surface area (Å²) in [5.74, 6) is 0.0711. The molecule has 0 bridgehead atoms. The first kappa shape index (κ1) is 17.0. The molecule has 1 atom stereocenters. The molecule has 1 aromatic rings. The predicted molar refractivity (Wildman–Crippen MR) is 95.6 cm³/mol. The third-order valence-electron chi connectivity index (χ3n) is 5.89. The Kier molecular flexibility index (Phi) is 5.36. The van der Waals surface area contributed by atoms with Gasteiger partial charge in [0.2, 0.25) is 0 Å². The molecule has 0 radical (unpaired) electrons. The van der Waals surface area contributed by atoms with Gasteiger partial charge in [-0.1, -0.05) is 12.8 Å². The van der Waals surface area contributed by atoms with E-state index in [1.54, 1.807) is 0 Å². The summed E-state index contributed by atoms with van der Waals surface area (Å²) in [7, 11) is 0. The van der Waals surface area contributed by atoms with Crippen LogP contribution < -0.4 is 5.32 Å². The van der Waals surface area contributed by atoms with Crippen LogP contribution in [-0.4, -0.2) is 59.0 Å². The van der Waals surface area contributed by atoms with Gasteiger partial charge in [-0.15, -0.1) is 0 Å². The number of hydrogen-bond acceptors (Lipinski definition) is 4. The maximum atomic E-state index is 12.7. The zero-order chi connectivity index (χ0) is 17.1. The van der Waals surface area contributed by atoms with E-state index in [2.05, 4.69) is 10.4 Å². The van der Waals surface area contributed by atoms with Crippen LogP contribution in [0.5, 0.6) is 0 Å². The minimum Gasteiger partial charge on any atom is -0.375 e. The molecule has 1 saturated carbocycles. The molecule has 2 saturated heterocycles. The fourth-order valence-electron chi connectivity index (χ4n) is 4.37. The molecule has 0 aromatic carbocycles. The normalized spacial score (nSPS) is 26.2. The molecular weight excluding hydrogens is 316 g/mol. The van der Waals surface area contributed by atoms with Gasteiger partial charge < -0.3 is 15.0 Å². The highest BCUT2D eigenvalue weighted by Crippen LogP contribution is 2.26. The van der Waals surface area contributed by atoms with Crippen molar-refractivity contribution in [2.75, 3.05) is 26.2 Å². The molecule has 1 aliphatic carbocycles. The second kappa shape index (κ2) is 7.87. The first-order valence-electron chi connectivity index (χ1n) is 10.0. The third kappa shape index (κ3) is 4.06. The zero-order valence-corrected chi connectivity index (χ0v) is 15.0. The van der Waals surface area contributed by atoms with Crippen LogP contribution in [0.1, 0.15) is 67.9 Å². The lowest BCUT2D eigenvalue weighted by Gasteiger charge is -2.33. The highest BCUT2D eigenvalue weighted by molar-refractivity contribution is 5.92. The Morgan fingerprint density at radius 1 is 1.08 bits per heavy atom. The molecule has 3 heterocycles. The summed E-state index contributed by atoms with van der Waals surface area (Å²) in [5, 5.41) is 7.96. The number of nitrogens with zero attached hydrogens (tertiary/aromatic N) is 3. The van der Waals surface area contributed by atoms with Crippen molar-refractivity contribution >= 4 is 5.91 Å². The number of piperidine rings is 2. The van der Waals surface area contributed by atoms with Gasteiger partial charge in [-0.3, -0.25) is 9.48 Å². The molecule has 138 valence electrons. The Balaban J connectivity index is 1.29. The van der Waals surface area contributed by atoms with Crippen LogP contribution in [0, 0.1) is 0 Å². The molecule has 25 heavy (non-hydrogen) atoms. The molecule has 6 nitrogen and oxygen atoms in total. The van der Waals surface area contributed by atoms with Crippen LogP contribution >= 0.6 is 0 Å². The van der Waals surface area contributed by atoms with Gasteiger partial charge in [0.05, 0.1) is 18.2 Å². The van der Waals surface area contributed by atoms with Gasteiger partial charge in [-0.2, -0.15) is 5.10 Å². The van der Waals surface area contributed by atoms with E-state index in [4.69, 9.17) is 4.74 Å². The molecule has 3 fully saturated rings. The molecular formula is C19H30N4O2. The smallest absolute Gasteiger partial charge is 0.274 e. The van der Waals surface area contributed by atoms with Crippen LogP contribution in [0.4, 0.5) is 0 Å². The van der Waals surface area contributed by atoms with E-state index in [1.807, 2.05) is 21.8 Å². The van der Waals surface area contributed by atoms with Crippen LogP contribution in [0.3, 0.4) is 0 Å². The molecule has 3 aliphatic rings. The van der Waals surface area contributed by atoms with Gasteiger partial charge in [0.25, 0.3) is 5.91 Å². The highest BCUT2D eigenvalue weighted by Gasteiger charge is 2.28.